The normalized spacial score (nSPS) is 21.0. The Labute approximate surface area is 102 Å². The molecule has 88 valence electrons. The quantitative estimate of drug-likeness (QED) is 0.877. The van der Waals surface area contributed by atoms with E-state index in [0.717, 1.165) is 24.4 Å². The van der Waals surface area contributed by atoms with Crippen molar-refractivity contribution in [3.8, 4) is 0 Å². The Morgan fingerprint density at radius 3 is 2.94 bits per heavy atom. The van der Waals surface area contributed by atoms with Crippen LogP contribution in [0, 0.1) is 0 Å². The zero-order valence-electron chi connectivity index (χ0n) is 9.78. The summed E-state index contributed by atoms with van der Waals surface area (Å²) >= 11 is 6.20. The first kappa shape index (κ1) is 11.7. The minimum absolute atomic E-state index is 0.257. The van der Waals surface area contributed by atoms with E-state index in [4.69, 9.17) is 11.6 Å². The van der Waals surface area contributed by atoms with Gasteiger partial charge in [-0.2, -0.15) is 0 Å². The molecule has 1 aromatic carbocycles. The van der Waals surface area contributed by atoms with Gasteiger partial charge in [0.2, 0.25) is 0 Å². The Bertz CT molecular complexity index is 378. The van der Waals surface area contributed by atoms with Crippen LogP contribution in [-0.4, -0.2) is 23.8 Å². The molecule has 0 amide bonds. The molecule has 1 aliphatic heterocycles. The molecular formula is C13H18ClNO. The second kappa shape index (κ2) is 4.64. The van der Waals surface area contributed by atoms with Crippen molar-refractivity contribution in [3.63, 3.8) is 0 Å². The summed E-state index contributed by atoms with van der Waals surface area (Å²) in [5, 5.41) is 10.4. The van der Waals surface area contributed by atoms with Gasteiger partial charge in [0.05, 0.1) is 6.10 Å². The van der Waals surface area contributed by atoms with E-state index in [1.807, 2.05) is 19.1 Å². The van der Waals surface area contributed by atoms with Crippen molar-refractivity contribution in [1.29, 1.82) is 0 Å². The van der Waals surface area contributed by atoms with Crippen molar-refractivity contribution in [2.75, 3.05) is 11.4 Å². The van der Waals surface area contributed by atoms with Gasteiger partial charge in [0.15, 0.2) is 0 Å². The Hall–Kier alpha value is -0.730. The molecule has 3 heteroatoms. The molecule has 0 spiro atoms. The van der Waals surface area contributed by atoms with Gasteiger partial charge in [0.1, 0.15) is 0 Å². The molecule has 0 aliphatic carbocycles. The lowest BCUT2D eigenvalue weighted by atomic mass is 10.1. The highest BCUT2D eigenvalue weighted by molar-refractivity contribution is 6.31. The number of benzene rings is 1. The first-order valence-electron chi connectivity index (χ1n) is 5.85. The van der Waals surface area contributed by atoms with Gasteiger partial charge in [-0.1, -0.05) is 17.7 Å². The van der Waals surface area contributed by atoms with Gasteiger partial charge in [-0.25, -0.2) is 0 Å². The molecular weight excluding hydrogens is 222 g/mol. The van der Waals surface area contributed by atoms with E-state index in [-0.39, 0.29) is 6.10 Å². The zero-order chi connectivity index (χ0) is 11.7. The summed E-state index contributed by atoms with van der Waals surface area (Å²) in [5.41, 5.74) is 2.47. The smallest absolute Gasteiger partial charge is 0.0531 e. The number of hydrogen-bond donors (Lipinski definition) is 1. The molecule has 1 aromatic rings. The average Bonchev–Trinajstić information content (AvgIpc) is 2.56. The van der Waals surface area contributed by atoms with Crippen LogP contribution < -0.4 is 4.90 Å². The van der Waals surface area contributed by atoms with Crippen LogP contribution in [0.3, 0.4) is 0 Å². The molecule has 1 heterocycles. The standard InChI is InChI=1S/C13H18ClNO/c1-3-15-10(7-9(2)16)8-11-12(14)5-4-6-13(11)15/h4-6,9-10,16H,3,7-8H2,1-2H3. The monoisotopic (exact) mass is 239 g/mol. The summed E-state index contributed by atoms with van der Waals surface area (Å²) in [5.74, 6) is 0. The number of aliphatic hydroxyl groups is 1. The minimum Gasteiger partial charge on any atom is -0.393 e. The molecule has 2 rings (SSSR count). The fraction of sp³-hybridized carbons (Fsp3) is 0.538. The number of rotatable bonds is 3. The molecule has 0 saturated carbocycles. The molecule has 0 aromatic heterocycles. The minimum atomic E-state index is -0.257. The van der Waals surface area contributed by atoms with Crippen LogP contribution in [0.4, 0.5) is 5.69 Å². The topological polar surface area (TPSA) is 23.5 Å². The number of fused-ring (bicyclic) bond motifs is 1. The van der Waals surface area contributed by atoms with E-state index in [1.54, 1.807) is 0 Å². The highest BCUT2D eigenvalue weighted by Gasteiger charge is 2.30. The molecule has 2 nitrogen and oxygen atoms in total. The third-order valence-electron chi connectivity index (χ3n) is 3.24. The van der Waals surface area contributed by atoms with E-state index in [9.17, 15) is 5.11 Å². The molecule has 1 aliphatic rings. The molecule has 0 bridgehead atoms. The van der Waals surface area contributed by atoms with Crippen molar-refractivity contribution < 1.29 is 5.11 Å². The van der Waals surface area contributed by atoms with E-state index < -0.39 is 0 Å². The number of likely N-dealkylation sites (N-methyl/N-ethyl adjacent to an activating group) is 1. The largest absolute Gasteiger partial charge is 0.393 e. The lowest BCUT2D eigenvalue weighted by Crippen LogP contribution is -2.34. The second-order valence-corrected chi connectivity index (χ2v) is 4.87. The van der Waals surface area contributed by atoms with Crippen LogP contribution in [0.5, 0.6) is 0 Å². The van der Waals surface area contributed by atoms with Crippen molar-refractivity contribution in [2.24, 2.45) is 0 Å². The molecule has 2 atom stereocenters. The van der Waals surface area contributed by atoms with Gasteiger partial charge in [0.25, 0.3) is 0 Å². The van der Waals surface area contributed by atoms with Crippen molar-refractivity contribution in [3.05, 3.63) is 28.8 Å². The van der Waals surface area contributed by atoms with E-state index >= 15 is 0 Å². The van der Waals surface area contributed by atoms with Gasteiger partial charge in [0, 0.05) is 23.3 Å². The molecule has 0 fully saturated rings. The number of nitrogens with zero attached hydrogens (tertiary/aromatic N) is 1. The summed E-state index contributed by atoms with van der Waals surface area (Å²) in [7, 11) is 0. The van der Waals surface area contributed by atoms with Crippen LogP contribution in [0.25, 0.3) is 0 Å². The predicted octanol–water partition coefficient (Wildman–Crippen LogP) is 2.86. The summed E-state index contributed by atoms with van der Waals surface area (Å²) in [6.45, 7) is 4.95. The Balaban J connectivity index is 2.28. The lowest BCUT2D eigenvalue weighted by Gasteiger charge is -2.27. The number of hydrogen-bond acceptors (Lipinski definition) is 2. The molecule has 0 radical (unpaired) electrons. The van der Waals surface area contributed by atoms with Crippen LogP contribution in [-0.2, 0) is 6.42 Å². The average molecular weight is 240 g/mol. The maximum atomic E-state index is 9.51. The van der Waals surface area contributed by atoms with E-state index in [0.29, 0.717) is 6.04 Å². The lowest BCUT2D eigenvalue weighted by molar-refractivity contribution is 0.174. The molecule has 0 saturated heterocycles. The number of aliphatic hydroxyl groups excluding tert-OH is 1. The van der Waals surface area contributed by atoms with Crippen molar-refractivity contribution in [2.45, 2.75) is 38.8 Å². The van der Waals surface area contributed by atoms with Gasteiger partial charge < -0.3 is 10.0 Å². The molecule has 16 heavy (non-hydrogen) atoms. The SMILES string of the molecule is CCN1c2cccc(Cl)c2CC1CC(C)O. The third-order valence-corrected chi connectivity index (χ3v) is 3.59. The summed E-state index contributed by atoms with van der Waals surface area (Å²) in [6, 6.07) is 6.44. The fourth-order valence-electron chi connectivity index (χ4n) is 2.59. The second-order valence-electron chi connectivity index (χ2n) is 4.47. The first-order chi connectivity index (χ1) is 7.63. The first-order valence-corrected chi connectivity index (χ1v) is 6.23. The third kappa shape index (κ3) is 2.04. The van der Waals surface area contributed by atoms with Crippen LogP contribution in [0.2, 0.25) is 5.02 Å². The van der Waals surface area contributed by atoms with Crippen LogP contribution in [0.1, 0.15) is 25.8 Å². The Kier molecular flexibility index (Phi) is 3.41. The van der Waals surface area contributed by atoms with E-state index in [2.05, 4.69) is 17.9 Å². The fourth-order valence-corrected chi connectivity index (χ4v) is 2.84. The van der Waals surface area contributed by atoms with Gasteiger partial charge >= 0.3 is 0 Å². The van der Waals surface area contributed by atoms with Gasteiger partial charge in [-0.05, 0) is 44.4 Å². The predicted molar refractivity (Wildman–Crippen MR) is 68.3 cm³/mol. The summed E-state index contributed by atoms with van der Waals surface area (Å²) in [4.78, 5) is 2.34. The highest BCUT2D eigenvalue weighted by atomic mass is 35.5. The van der Waals surface area contributed by atoms with Crippen molar-refractivity contribution >= 4 is 17.3 Å². The maximum Gasteiger partial charge on any atom is 0.0531 e. The number of anilines is 1. The molecule has 2 unspecified atom stereocenters. The van der Waals surface area contributed by atoms with Gasteiger partial charge in [-0.15, -0.1) is 0 Å². The van der Waals surface area contributed by atoms with Gasteiger partial charge in [-0.3, -0.25) is 0 Å². The van der Waals surface area contributed by atoms with Crippen LogP contribution >= 0.6 is 11.6 Å². The Morgan fingerprint density at radius 2 is 2.31 bits per heavy atom. The highest BCUT2D eigenvalue weighted by Crippen LogP contribution is 2.37. The number of halogens is 1. The van der Waals surface area contributed by atoms with E-state index in [1.165, 1.54) is 11.3 Å². The Morgan fingerprint density at radius 1 is 1.56 bits per heavy atom. The zero-order valence-corrected chi connectivity index (χ0v) is 10.5. The molecule has 1 N–H and O–H groups in total. The summed E-state index contributed by atoms with van der Waals surface area (Å²) in [6.07, 6.45) is 1.50. The van der Waals surface area contributed by atoms with Crippen LogP contribution in [0.15, 0.2) is 18.2 Å². The summed E-state index contributed by atoms with van der Waals surface area (Å²) < 4.78 is 0. The van der Waals surface area contributed by atoms with Crippen molar-refractivity contribution in [1.82, 2.24) is 0 Å². The maximum absolute atomic E-state index is 9.51.